The van der Waals surface area contributed by atoms with Crippen LogP contribution in [0.2, 0.25) is 0 Å². The van der Waals surface area contributed by atoms with E-state index in [2.05, 4.69) is 20.7 Å². The molecule has 1 aromatic heterocycles. The van der Waals surface area contributed by atoms with Crippen LogP contribution in [0.4, 0.5) is 8.78 Å². The molecule has 0 bridgehead atoms. The summed E-state index contributed by atoms with van der Waals surface area (Å²) in [5, 5.41) is 0. The van der Waals surface area contributed by atoms with E-state index in [4.69, 9.17) is 0 Å². The molecule has 14 heavy (non-hydrogen) atoms. The Morgan fingerprint density at radius 1 is 1.71 bits per heavy atom. The molecule has 0 aliphatic heterocycles. The van der Waals surface area contributed by atoms with Gasteiger partial charge in [0, 0.05) is 10.7 Å². The standard InChI is InChI=1S/C8H8BrF2NO2/c1-14-8(13)6-2-5(9)3-12(6)4-7(10)11/h2-3,7H,4H2,1H3. The number of aromatic nitrogens is 1. The van der Waals surface area contributed by atoms with Gasteiger partial charge in [0.05, 0.1) is 13.7 Å². The first-order chi connectivity index (χ1) is 6.54. The first-order valence-electron chi connectivity index (χ1n) is 3.76. The molecule has 78 valence electrons. The van der Waals surface area contributed by atoms with Crippen molar-refractivity contribution in [2.24, 2.45) is 0 Å². The number of hydrogen-bond acceptors (Lipinski definition) is 2. The Kier molecular flexibility index (Phi) is 3.62. The van der Waals surface area contributed by atoms with Gasteiger partial charge in [0.1, 0.15) is 5.69 Å². The van der Waals surface area contributed by atoms with E-state index >= 15 is 0 Å². The number of halogens is 3. The molecule has 0 radical (unpaired) electrons. The monoisotopic (exact) mass is 267 g/mol. The fraction of sp³-hybridized carbons (Fsp3) is 0.375. The Morgan fingerprint density at radius 3 is 2.86 bits per heavy atom. The first-order valence-corrected chi connectivity index (χ1v) is 4.56. The second-order valence-electron chi connectivity index (χ2n) is 2.58. The summed E-state index contributed by atoms with van der Waals surface area (Å²) in [6.45, 7) is -0.518. The molecule has 0 atom stereocenters. The van der Waals surface area contributed by atoms with Gasteiger partial charge in [-0.15, -0.1) is 0 Å². The van der Waals surface area contributed by atoms with E-state index < -0.39 is 18.9 Å². The number of ether oxygens (including phenoxy) is 1. The lowest BCUT2D eigenvalue weighted by atomic mass is 10.4. The Hall–Kier alpha value is -0.910. The smallest absolute Gasteiger partial charge is 0.354 e. The summed E-state index contributed by atoms with van der Waals surface area (Å²) in [6, 6.07) is 1.44. The SMILES string of the molecule is COC(=O)c1cc(Br)cn1CC(F)F. The van der Waals surface area contributed by atoms with Gasteiger partial charge in [-0.1, -0.05) is 0 Å². The molecule has 0 amide bonds. The first kappa shape index (κ1) is 11.2. The van der Waals surface area contributed by atoms with E-state index in [-0.39, 0.29) is 5.69 Å². The van der Waals surface area contributed by atoms with Crippen molar-refractivity contribution in [2.75, 3.05) is 7.11 Å². The number of rotatable bonds is 3. The van der Waals surface area contributed by atoms with Gasteiger partial charge in [0.2, 0.25) is 0 Å². The highest BCUT2D eigenvalue weighted by Crippen LogP contribution is 2.17. The van der Waals surface area contributed by atoms with Gasteiger partial charge in [-0.3, -0.25) is 0 Å². The molecule has 0 aliphatic carbocycles. The fourth-order valence-corrected chi connectivity index (χ4v) is 1.51. The van der Waals surface area contributed by atoms with E-state index in [0.717, 1.165) is 4.57 Å². The highest BCUT2D eigenvalue weighted by atomic mass is 79.9. The molecule has 0 saturated heterocycles. The molecule has 0 N–H and O–H groups in total. The van der Waals surface area contributed by atoms with Gasteiger partial charge < -0.3 is 9.30 Å². The lowest BCUT2D eigenvalue weighted by Gasteiger charge is -2.05. The van der Waals surface area contributed by atoms with Crippen molar-refractivity contribution < 1.29 is 18.3 Å². The van der Waals surface area contributed by atoms with Crippen LogP contribution >= 0.6 is 15.9 Å². The minimum atomic E-state index is -2.50. The van der Waals surface area contributed by atoms with Crippen molar-refractivity contribution >= 4 is 21.9 Å². The van der Waals surface area contributed by atoms with Gasteiger partial charge in [0.25, 0.3) is 6.43 Å². The third kappa shape index (κ3) is 2.54. The number of hydrogen-bond donors (Lipinski definition) is 0. The van der Waals surface area contributed by atoms with Crippen LogP contribution < -0.4 is 0 Å². The van der Waals surface area contributed by atoms with Gasteiger partial charge in [-0.25, -0.2) is 13.6 Å². The lowest BCUT2D eigenvalue weighted by Crippen LogP contribution is -2.13. The van der Waals surface area contributed by atoms with E-state index in [0.29, 0.717) is 4.47 Å². The summed E-state index contributed by atoms with van der Waals surface area (Å²) in [6.07, 6.45) is -1.09. The second kappa shape index (κ2) is 4.54. The summed E-state index contributed by atoms with van der Waals surface area (Å²) < 4.78 is 30.3. The average Bonchev–Trinajstić information content (AvgIpc) is 2.44. The summed E-state index contributed by atoms with van der Waals surface area (Å²) in [7, 11) is 1.20. The highest BCUT2D eigenvalue weighted by molar-refractivity contribution is 9.10. The molecule has 0 unspecified atom stereocenters. The van der Waals surface area contributed by atoms with Crippen LogP contribution in [0.15, 0.2) is 16.7 Å². The Morgan fingerprint density at radius 2 is 2.36 bits per heavy atom. The number of alkyl halides is 2. The van der Waals surface area contributed by atoms with Gasteiger partial charge in [-0.2, -0.15) is 0 Å². The average molecular weight is 268 g/mol. The highest BCUT2D eigenvalue weighted by Gasteiger charge is 2.15. The van der Waals surface area contributed by atoms with Crippen LogP contribution in [-0.2, 0) is 11.3 Å². The van der Waals surface area contributed by atoms with Crippen molar-refractivity contribution in [2.45, 2.75) is 13.0 Å². The predicted octanol–water partition coefficient (Wildman–Crippen LogP) is 2.30. The molecule has 0 saturated carbocycles. The van der Waals surface area contributed by atoms with Crippen LogP contribution in [0.3, 0.4) is 0 Å². The zero-order valence-corrected chi connectivity index (χ0v) is 8.92. The number of nitrogens with zero attached hydrogens (tertiary/aromatic N) is 1. The van der Waals surface area contributed by atoms with E-state index in [1.54, 1.807) is 0 Å². The Labute approximate surface area is 87.8 Å². The third-order valence-electron chi connectivity index (χ3n) is 1.59. The summed E-state index contributed by atoms with van der Waals surface area (Å²) in [4.78, 5) is 11.1. The molecule has 0 aliphatic rings. The molecule has 0 aromatic carbocycles. The molecule has 6 heteroatoms. The number of carbonyl (C=O) groups excluding carboxylic acids is 1. The molecule has 1 rings (SSSR count). The zero-order valence-electron chi connectivity index (χ0n) is 7.34. The fourth-order valence-electron chi connectivity index (χ4n) is 1.05. The topological polar surface area (TPSA) is 31.2 Å². The van der Waals surface area contributed by atoms with Crippen molar-refractivity contribution in [1.29, 1.82) is 0 Å². The second-order valence-corrected chi connectivity index (χ2v) is 3.49. The van der Waals surface area contributed by atoms with Crippen molar-refractivity contribution in [1.82, 2.24) is 4.57 Å². The minimum Gasteiger partial charge on any atom is -0.464 e. The summed E-state index contributed by atoms with van der Waals surface area (Å²) in [5.74, 6) is -0.628. The van der Waals surface area contributed by atoms with Crippen LogP contribution in [-0.4, -0.2) is 24.1 Å². The largest absolute Gasteiger partial charge is 0.464 e. The number of esters is 1. The van der Waals surface area contributed by atoms with Crippen LogP contribution in [0, 0.1) is 0 Å². The van der Waals surface area contributed by atoms with Gasteiger partial charge >= 0.3 is 5.97 Å². The normalized spacial score (nSPS) is 10.6. The Balaban J connectivity index is 2.96. The maximum absolute atomic E-state index is 12.1. The molecule has 1 heterocycles. The van der Waals surface area contributed by atoms with Crippen molar-refractivity contribution in [3.8, 4) is 0 Å². The Bertz CT molecular complexity index is 338. The quantitative estimate of drug-likeness (QED) is 0.787. The van der Waals surface area contributed by atoms with Gasteiger partial charge in [0.15, 0.2) is 0 Å². The molecule has 1 aromatic rings. The lowest BCUT2D eigenvalue weighted by molar-refractivity contribution is 0.0580. The van der Waals surface area contributed by atoms with Crippen LogP contribution in [0.1, 0.15) is 10.5 Å². The minimum absolute atomic E-state index is 0.111. The zero-order chi connectivity index (χ0) is 10.7. The van der Waals surface area contributed by atoms with E-state index in [1.165, 1.54) is 19.4 Å². The van der Waals surface area contributed by atoms with Crippen molar-refractivity contribution in [3.63, 3.8) is 0 Å². The number of carbonyl (C=O) groups is 1. The third-order valence-corrected chi connectivity index (χ3v) is 2.03. The summed E-state index contributed by atoms with van der Waals surface area (Å²) >= 11 is 3.10. The van der Waals surface area contributed by atoms with Crippen LogP contribution in [0.5, 0.6) is 0 Å². The maximum Gasteiger partial charge on any atom is 0.354 e. The molecule has 0 fully saturated rings. The number of methoxy groups -OCH3 is 1. The van der Waals surface area contributed by atoms with Gasteiger partial charge in [-0.05, 0) is 22.0 Å². The molecule has 0 spiro atoms. The maximum atomic E-state index is 12.1. The van der Waals surface area contributed by atoms with E-state index in [9.17, 15) is 13.6 Å². The van der Waals surface area contributed by atoms with Crippen molar-refractivity contribution in [3.05, 3.63) is 22.4 Å². The molecular weight excluding hydrogens is 260 g/mol. The molecular formula is C8H8BrF2NO2. The van der Waals surface area contributed by atoms with Crippen LogP contribution in [0.25, 0.3) is 0 Å². The summed E-state index contributed by atoms with van der Waals surface area (Å²) in [5.41, 5.74) is 0.111. The predicted molar refractivity (Wildman–Crippen MR) is 49.5 cm³/mol. The molecule has 3 nitrogen and oxygen atoms in total. The van der Waals surface area contributed by atoms with E-state index in [1.807, 2.05) is 0 Å².